The zero-order valence-electron chi connectivity index (χ0n) is 14.5. The van der Waals surface area contributed by atoms with Gasteiger partial charge in [0.2, 0.25) is 11.9 Å². The minimum Gasteiger partial charge on any atom is -0.354 e. The molecule has 0 aliphatic carbocycles. The number of anilines is 3. The van der Waals surface area contributed by atoms with Crippen molar-refractivity contribution in [3.63, 3.8) is 0 Å². The smallest absolute Gasteiger partial charge is 0.232 e. The summed E-state index contributed by atoms with van der Waals surface area (Å²) in [6.07, 6.45) is 3.69. The highest BCUT2D eigenvalue weighted by atomic mass is 15.2. The second-order valence-electron chi connectivity index (χ2n) is 5.62. The van der Waals surface area contributed by atoms with E-state index in [2.05, 4.69) is 37.5 Å². The first-order valence-electron chi connectivity index (χ1n) is 8.47. The number of rotatable bonds is 7. The third kappa shape index (κ3) is 4.51. The molecule has 3 aromatic rings. The number of unbranched alkanes of at least 4 members (excludes halogenated alkanes) is 1. The lowest BCUT2D eigenvalue weighted by Gasteiger charge is -2.10. The number of aromatic nitrogens is 4. The fourth-order valence-corrected chi connectivity index (χ4v) is 2.30. The Hall–Kier alpha value is -3.53. The molecule has 0 unspecified atom stereocenters. The van der Waals surface area contributed by atoms with Crippen LogP contribution in [0.25, 0.3) is 11.4 Å². The van der Waals surface area contributed by atoms with Gasteiger partial charge in [-0.1, -0.05) is 43.7 Å². The number of benzene rings is 1. The number of nitrogens with zero attached hydrogens (tertiary/aromatic N) is 5. The molecule has 0 aliphatic heterocycles. The van der Waals surface area contributed by atoms with Crippen molar-refractivity contribution in [3.05, 3.63) is 54.4 Å². The number of nitriles is 1. The normalized spacial score (nSPS) is 10.2. The second kappa shape index (κ2) is 8.53. The van der Waals surface area contributed by atoms with Gasteiger partial charge in [0, 0.05) is 24.0 Å². The molecule has 2 aromatic heterocycles. The van der Waals surface area contributed by atoms with E-state index in [0.717, 1.165) is 24.9 Å². The lowest BCUT2D eigenvalue weighted by Crippen LogP contribution is -2.09. The molecule has 2 N–H and O–H groups in total. The summed E-state index contributed by atoms with van der Waals surface area (Å²) in [6, 6.07) is 15.2. The Morgan fingerprint density at radius 3 is 2.62 bits per heavy atom. The molecule has 0 spiro atoms. The topological polar surface area (TPSA) is 99.4 Å². The Balaban J connectivity index is 1.92. The van der Waals surface area contributed by atoms with Crippen molar-refractivity contribution in [2.24, 2.45) is 0 Å². The average molecular weight is 345 g/mol. The summed E-state index contributed by atoms with van der Waals surface area (Å²) in [5.74, 6) is 1.51. The highest BCUT2D eigenvalue weighted by Crippen LogP contribution is 2.20. The van der Waals surface area contributed by atoms with Crippen LogP contribution in [-0.2, 0) is 0 Å². The molecule has 2 heterocycles. The van der Waals surface area contributed by atoms with Crippen molar-refractivity contribution in [2.75, 3.05) is 17.2 Å². The van der Waals surface area contributed by atoms with E-state index in [-0.39, 0.29) is 0 Å². The van der Waals surface area contributed by atoms with Crippen molar-refractivity contribution in [1.82, 2.24) is 19.9 Å². The van der Waals surface area contributed by atoms with E-state index >= 15 is 0 Å². The van der Waals surface area contributed by atoms with Gasteiger partial charge in [0.1, 0.15) is 11.8 Å². The summed E-state index contributed by atoms with van der Waals surface area (Å²) >= 11 is 0. The van der Waals surface area contributed by atoms with Crippen LogP contribution in [-0.4, -0.2) is 26.5 Å². The largest absolute Gasteiger partial charge is 0.354 e. The van der Waals surface area contributed by atoms with Crippen LogP contribution in [0, 0.1) is 11.3 Å². The summed E-state index contributed by atoms with van der Waals surface area (Å²) in [6.45, 7) is 2.93. The molecule has 130 valence electrons. The molecule has 0 amide bonds. The molecule has 0 radical (unpaired) electrons. The van der Waals surface area contributed by atoms with Gasteiger partial charge < -0.3 is 10.6 Å². The van der Waals surface area contributed by atoms with Crippen molar-refractivity contribution < 1.29 is 0 Å². The third-order valence-corrected chi connectivity index (χ3v) is 3.61. The maximum Gasteiger partial charge on any atom is 0.232 e. The second-order valence-corrected chi connectivity index (χ2v) is 5.62. The van der Waals surface area contributed by atoms with Gasteiger partial charge >= 0.3 is 0 Å². The van der Waals surface area contributed by atoms with E-state index in [1.807, 2.05) is 36.4 Å². The molecule has 26 heavy (non-hydrogen) atoms. The predicted octanol–water partition coefficient (Wildman–Crippen LogP) is 3.76. The molecular weight excluding hydrogens is 326 g/mol. The van der Waals surface area contributed by atoms with Crippen LogP contribution in [0.15, 0.2) is 48.7 Å². The summed E-state index contributed by atoms with van der Waals surface area (Å²) in [5.41, 5.74) is 1.93. The molecule has 7 heteroatoms. The minimum absolute atomic E-state index is 0.327. The first kappa shape index (κ1) is 17.3. The van der Waals surface area contributed by atoms with Crippen LogP contribution in [0.3, 0.4) is 0 Å². The predicted molar refractivity (Wildman–Crippen MR) is 101 cm³/mol. The average Bonchev–Trinajstić information content (AvgIpc) is 2.69. The fourth-order valence-electron chi connectivity index (χ4n) is 2.30. The summed E-state index contributed by atoms with van der Waals surface area (Å²) in [4.78, 5) is 17.4. The van der Waals surface area contributed by atoms with Crippen LogP contribution in [0.4, 0.5) is 17.6 Å². The van der Waals surface area contributed by atoms with Gasteiger partial charge in [-0.25, -0.2) is 4.98 Å². The fraction of sp³-hybridized carbons (Fsp3) is 0.211. The van der Waals surface area contributed by atoms with E-state index in [4.69, 9.17) is 5.26 Å². The van der Waals surface area contributed by atoms with Crippen molar-refractivity contribution in [2.45, 2.75) is 19.8 Å². The van der Waals surface area contributed by atoms with E-state index in [0.29, 0.717) is 29.1 Å². The van der Waals surface area contributed by atoms with Gasteiger partial charge in [-0.05, 0) is 18.6 Å². The molecular formula is C19H19N7. The van der Waals surface area contributed by atoms with Crippen molar-refractivity contribution in [1.29, 1.82) is 5.26 Å². The lowest BCUT2D eigenvalue weighted by atomic mass is 10.2. The minimum atomic E-state index is 0.327. The van der Waals surface area contributed by atoms with Crippen LogP contribution < -0.4 is 10.6 Å². The number of pyridine rings is 1. The number of nitrogens with one attached hydrogen (secondary N) is 2. The maximum absolute atomic E-state index is 8.99. The quantitative estimate of drug-likeness (QED) is 0.629. The molecule has 0 atom stereocenters. The molecule has 0 aliphatic rings. The molecule has 1 aromatic carbocycles. The molecule has 0 fully saturated rings. The standard InChI is InChI=1S/C19H19N7/c1-2-3-10-22-18-24-17(14-7-5-4-6-8-14)25-19(26-18)23-15-9-11-21-16(12-15)13-20/h4-9,11-12H,2-3,10H2,1H3,(H2,21,22,23,24,25,26). The first-order chi connectivity index (χ1) is 12.8. The van der Waals surface area contributed by atoms with Gasteiger partial charge in [-0.3, -0.25) is 0 Å². The lowest BCUT2D eigenvalue weighted by molar-refractivity contribution is 0.825. The Kier molecular flexibility index (Phi) is 5.68. The maximum atomic E-state index is 8.99. The highest BCUT2D eigenvalue weighted by molar-refractivity contribution is 5.61. The van der Waals surface area contributed by atoms with Gasteiger partial charge in [-0.2, -0.15) is 20.2 Å². The van der Waals surface area contributed by atoms with Crippen LogP contribution in [0.5, 0.6) is 0 Å². The van der Waals surface area contributed by atoms with Gasteiger partial charge in [0.15, 0.2) is 5.82 Å². The van der Waals surface area contributed by atoms with Crippen molar-refractivity contribution >= 4 is 17.6 Å². The van der Waals surface area contributed by atoms with Crippen LogP contribution in [0.1, 0.15) is 25.5 Å². The van der Waals surface area contributed by atoms with E-state index in [1.165, 1.54) is 0 Å². The van der Waals surface area contributed by atoms with E-state index in [1.54, 1.807) is 18.3 Å². The monoisotopic (exact) mass is 345 g/mol. The summed E-state index contributed by atoms with van der Waals surface area (Å²) in [7, 11) is 0. The zero-order valence-corrected chi connectivity index (χ0v) is 14.5. The number of hydrogen-bond donors (Lipinski definition) is 2. The van der Waals surface area contributed by atoms with Gasteiger partial charge in [0.25, 0.3) is 0 Å². The Morgan fingerprint density at radius 1 is 1.04 bits per heavy atom. The van der Waals surface area contributed by atoms with Gasteiger partial charge in [-0.15, -0.1) is 0 Å². The summed E-state index contributed by atoms with van der Waals surface area (Å²) < 4.78 is 0. The van der Waals surface area contributed by atoms with E-state index < -0.39 is 0 Å². The Morgan fingerprint density at radius 2 is 1.85 bits per heavy atom. The SMILES string of the molecule is CCCCNc1nc(Nc2ccnc(C#N)c2)nc(-c2ccccc2)n1. The highest BCUT2D eigenvalue weighted by Gasteiger charge is 2.09. The Bertz CT molecular complexity index is 903. The molecule has 3 rings (SSSR count). The molecule has 7 nitrogen and oxygen atoms in total. The van der Waals surface area contributed by atoms with Crippen molar-refractivity contribution in [3.8, 4) is 17.5 Å². The first-order valence-corrected chi connectivity index (χ1v) is 8.47. The van der Waals surface area contributed by atoms with Gasteiger partial charge in [0.05, 0.1) is 0 Å². The Labute approximate surface area is 152 Å². The summed E-state index contributed by atoms with van der Waals surface area (Å²) in [5, 5.41) is 15.4. The van der Waals surface area contributed by atoms with Crippen LogP contribution in [0.2, 0.25) is 0 Å². The third-order valence-electron chi connectivity index (χ3n) is 3.61. The molecule has 0 saturated heterocycles. The number of hydrogen-bond acceptors (Lipinski definition) is 7. The van der Waals surface area contributed by atoms with Crippen LogP contribution >= 0.6 is 0 Å². The van der Waals surface area contributed by atoms with E-state index in [9.17, 15) is 0 Å². The zero-order chi connectivity index (χ0) is 18.2. The molecule has 0 bridgehead atoms. The molecule has 0 saturated carbocycles.